The molecule has 0 heterocycles. The molecule has 0 aliphatic heterocycles. The van der Waals surface area contributed by atoms with Crippen LogP contribution < -0.4 is 4.90 Å². The van der Waals surface area contributed by atoms with Crippen molar-refractivity contribution in [3.63, 3.8) is 0 Å². The van der Waals surface area contributed by atoms with Crippen LogP contribution in [0.15, 0.2) is 109 Å². The number of benzene rings is 5. The van der Waals surface area contributed by atoms with Crippen molar-refractivity contribution in [2.75, 3.05) is 4.90 Å². The molecule has 1 heteroatoms. The van der Waals surface area contributed by atoms with E-state index >= 15 is 0 Å². The lowest BCUT2D eigenvalue weighted by Crippen LogP contribution is -2.20. The Morgan fingerprint density at radius 1 is 0.509 bits per heavy atom. The van der Waals surface area contributed by atoms with Gasteiger partial charge >= 0.3 is 0 Å². The van der Waals surface area contributed by atoms with Crippen molar-refractivity contribution >= 4 is 17.1 Å². The first-order valence-corrected chi connectivity index (χ1v) is 21.4. The summed E-state index contributed by atoms with van der Waals surface area (Å²) < 4.78 is 0. The van der Waals surface area contributed by atoms with Gasteiger partial charge in [-0.1, -0.05) is 125 Å². The summed E-state index contributed by atoms with van der Waals surface area (Å²) in [6, 6.07) is 43.5. The van der Waals surface area contributed by atoms with Gasteiger partial charge in [-0.2, -0.15) is 0 Å². The van der Waals surface area contributed by atoms with Crippen LogP contribution in [-0.2, 0) is 10.8 Å². The van der Waals surface area contributed by atoms with Crippen LogP contribution in [0, 0.1) is 5.92 Å². The first-order valence-electron chi connectivity index (χ1n) is 21.4. The Hall–Kier alpha value is -4.10. The molecular formula is C52H57N. The molecule has 2 bridgehead atoms. The summed E-state index contributed by atoms with van der Waals surface area (Å²) in [5.74, 6) is 2.40. The van der Waals surface area contributed by atoms with Gasteiger partial charge in [-0.25, -0.2) is 0 Å². The molecule has 0 N–H and O–H groups in total. The summed E-state index contributed by atoms with van der Waals surface area (Å²) in [6.45, 7) is 4.91. The van der Waals surface area contributed by atoms with Crippen LogP contribution >= 0.6 is 0 Å². The van der Waals surface area contributed by atoms with Gasteiger partial charge in [0.15, 0.2) is 0 Å². The maximum absolute atomic E-state index is 2.53. The highest BCUT2D eigenvalue weighted by Crippen LogP contribution is 2.56. The van der Waals surface area contributed by atoms with Gasteiger partial charge in [-0.15, -0.1) is 0 Å². The number of hydrogen-bond donors (Lipinski definition) is 0. The molecule has 5 aliphatic rings. The molecule has 0 saturated heterocycles. The van der Waals surface area contributed by atoms with Gasteiger partial charge in [0.05, 0.1) is 0 Å². The Morgan fingerprint density at radius 3 is 1.64 bits per heavy atom. The van der Waals surface area contributed by atoms with Crippen molar-refractivity contribution in [2.45, 2.75) is 133 Å². The third-order valence-electron chi connectivity index (χ3n) is 14.9. The van der Waals surface area contributed by atoms with Crippen LogP contribution in [0.3, 0.4) is 0 Å². The standard InChI is InChI=1S/C52H57N/c1-51(2)49-34-45(28-29-47(49)48-15-9-14-46(50(48)51)41-18-16-39(17-19-41)37-10-5-3-6-11-37)53(43-24-20-40(21-25-43)38-12-7-4-8-13-38)44-26-22-42(23-27-44)52-32-30-36(35-52)31-33-52/h9,14-29,34,36-38H,3-8,10-13,30-33,35H2,1-2H3. The van der Waals surface area contributed by atoms with Crippen molar-refractivity contribution in [1.82, 2.24) is 0 Å². The zero-order valence-electron chi connectivity index (χ0n) is 32.2. The monoisotopic (exact) mass is 695 g/mol. The van der Waals surface area contributed by atoms with Crippen LogP contribution in [0.1, 0.15) is 150 Å². The summed E-state index contributed by atoms with van der Waals surface area (Å²) in [5.41, 5.74) is 17.1. The predicted octanol–water partition coefficient (Wildman–Crippen LogP) is 15.1. The topological polar surface area (TPSA) is 3.24 Å². The van der Waals surface area contributed by atoms with Crippen LogP contribution in [0.4, 0.5) is 17.1 Å². The van der Waals surface area contributed by atoms with E-state index in [1.807, 2.05) is 0 Å². The number of rotatable bonds is 7. The quantitative estimate of drug-likeness (QED) is 0.164. The van der Waals surface area contributed by atoms with Crippen LogP contribution in [0.2, 0.25) is 0 Å². The van der Waals surface area contributed by atoms with E-state index in [0.717, 1.165) is 11.8 Å². The Morgan fingerprint density at radius 2 is 1.06 bits per heavy atom. The number of nitrogens with zero attached hydrogens (tertiary/aromatic N) is 1. The maximum Gasteiger partial charge on any atom is 0.0465 e. The van der Waals surface area contributed by atoms with Crippen molar-refractivity contribution in [2.24, 2.45) is 5.92 Å². The summed E-state index contributed by atoms with van der Waals surface area (Å²) in [6.07, 6.45) is 20.6. The maximum atomic E-state index is 2.53. The molecule has 0 unspecified atom stereocenters. The van der Waals surface area contributed by atoms with Gasteiger partial charge in [0.2, 0.25) is 0 Å². The molecule has 10 rings (SSSR count). The van der Waals surface area contributed by atoms with Gasteiger partial charge < -0.3 is 4.90 Å². The SMILES string of the molecule is CC1(C)c2cc(N(c3ccc(C4CCCCC4)cc3)c3ccc(C45CCC(CC4)C5)cc3)ccc2-c2cccc(-c3ccc(C4CCCCC4)cc3)c21. The fraction of sp³-hybridized carbons (Fsp3) is 0.423. The second kappa shape index (κ2) is 13.3. The zero-order valence-corrected chi connectivity index (χ0v) is 32.2. The van der Waals surface area contributed by atoms with Crippen molar-refractivity contribution < 1.29 is 0 Å². The summed E-state index contributed by atoms with van der Waals surface area (Å²) in [4.78, 5) is 2.53. The molecule has 53 heavy (non-hydrogen) atoms. The highest BCUT2D eigenvalue weighted by atomic mass is 15.1. The molecule has 0 atom stereocenters. The summed E-state index contributed by atoms with van der Waals surface area (Å²) in [7, 11) is 0. The lowest BCUT2D eigenvalue weighted by molar-refractivity contribution is 0.419. The summed E-state index contributed by atoms with van der Waals surface area (Å²) in [5, 5.41) is 0. The Kier molecular flexibility index (Phi) is 8.42. The highest BCUT2D eigenvalue weighted by molar-refractivity contribution is 5.90. The fourth-order valence-electron chi connectivity index (χ4n) is 12.0. The number of fused-ring (bicyclic) bond motifs is 5. The molecule has 5 aromatic rings. The first-order chi connectivity index (χ1) is 26.0. The van der Waals surface area contributed by atoms with Crippen LogP contribution in [-0.4, -0.2) is 0 Å². The molecule has 0 spiro atoms. The molecular weight excluding hydrogens is 639 g/mol. The smallest absolute Gasteiger partial charge is 0.0465 e. The molecule has 0 radical (unpaired) electrons. The molecule has 0 amide bonds. The molecule has 5 aromatic carbocycles. The molecule has 4 saturated carbocycles. The van der Waals surface area contributed by atoms with E-state index in [2.05, 4.69) is 128 Å². The van der Waals surface area contributed by atoms with Gasteiger partial charge in [0.25, 0.3) is 0 Å². The van der Waals surface area contributed by atoms with E-state index in [4.69, 9.17) is 0 Å². The average molecular weight is 696 g/mol. The van der Waals surface area contributed by atoms with E-state index in [-0.39, 0.29) is 5.41 Å². The third-order valence-corrected chi connectivity index (χ3v) is 14.9. The highest BCUT2D eigenvalue weighted by Gasteiger charge is 2.45. The van der Waals surface area contributed by atoms with E-state index < -0.39 is 0 Å². The van der Waals surface area contributed by atoms with Gasteiger partial charge in [-0.05, 0) is 167 Å². The minimum atomic E-state index is -0.125. The minimum absolute atomic E-state index is 0.125. The van der Waals surface area contributed by atoms with Crippen LogP contribution in [0.5, 0.6) is 0 Å². The van der Waals surface area contributed by atoms with E-state index in [1.165, 1.54) is 158 Å². The van der Waals surface area contributed by atoms with E-state index in [1.54, 1.807) is 5.56 Å². The molecule has 4 fully saturated rings. The van der Waals surface area contributed by atoms with Crippen molar-refractivity contribution in [3.05, 3.63) is 137 Å². The number of hydrogen-bond acceptors (Lipinski definition) is 1. The lowest BCUT2D eigenvalue weighted by atomic mass is 9.77. The largest absolute Gasteiger partial charge is 0.310 e. The zero-order chi connectivity index (χ0) is 35.6. The van der Waals surface area contributed by atoms with Crippen LogP contribution in [0.25, 0.3) is 22.3 Å². The lowest BCUT2D eigenvalue weighted by Gasteiger charge is -2.31. The van der Waals surface area contributed by atoms with Gasteiger partial charge in [0.1, 0.15) is 0 Å². The second-order valence-corrected chi connectivity index (χ2v) is 18.3. The first kappa shape index (κ1) is 33.5. The third kappa shape index (κ3) is 5.80. The van der Waals surface area contributed by atoms with Crippen molar-refractivity contribution in [1.29, 1.82) is 0 Å². The summed E-state index contributed by atoms with van der Waals surface area (Å²) >= 11 is 0. The average Bonchev–Trinajstić information content (AvgIpc) is 3.91. The van der Waals surface area contributed by atoms with Gasteiger partial charge in [0, 0.05) is 22.5 Å². The molecule has 1 nitrogen and oxygen atoms in total. The Bertz CT molecular complexity index is 2080. The van der Waals surface area contributed by atoms with E-state index in [0.29, 0.717) is 11.3 Å². The number of anilines is 3. The molecule has 5 aliphatic carbocycles. The molecule has 0 aromatic heterocycles. The van der Waals surface area contributed by atoms with Crippen molar-refractivity contribution in [3.8, 4) is 22.3 Å². The Balaban J connectivity index is 1.02. The normalized spacial score (nSPS) is 23.5. The molecule has 270 valence electrons. The van der Waals surface area contributed by atoms with E-state index in [9.17, 15) is 0 Å². The Labute approximate surface area is 318 Å². The fourth-order valence-corrected chi connectivity index (χ4v) is 12.0. The predicted molar refractivity (Wildman–Crippen MR) is 224 cm³/mol. The van der Waals surface area contributed by atoms with Gasteiger partial charge in [-0.3, -0.25) is 0 Å². The minimum Gasteiger partial charge on any atom is -0.310 e. The second-order valence-electron chi connectivity index (χ2n) is 18.3.